The molecule has 0 radical (unpaired) electrons. The molecule has 0 atom stereocenters. The number of aryl methyl sites for hydroxylation is 3. The Hall–Kier alpha value is -0.890. The lowest BCUT2D eigenvalue weighted by Crippen LogP contribution is -1.99. The fourth-order valence-electron chi connectivity index (χ4n) is 1.76. The highest BCUT2D eigenvalue weighted by Crippen LogP contribution is 2.32. The van der Waals surface area contributed by atoms with Gasteiger partial charge in [-0.15, -0.1) is 0 Å². The van der Waals surface area contributed by atoms with Crippen LogP contribution in [-0.4, -0.2) is 26.9 Å². The molecule has 0 aliphatic heterocycles. The molecule has 2 aromatic rings. The van der Waals surface area contributed by atoms with Crippen LogP contribution in [0.5, 0.6) is 5.88 Å². The van der Waals surface area contributed by atoms with Gasteiger partial charge in [-0.2, -0.15) is 5.10 Å². The van der Waals surface area contributed by atoms with Crippen molar-refractivity contribution in [3.8, 4) is 17.3 Å². The van der Waals surface area contributed by atoms with Gasteiger partial charge in [-0.05, 0) is 36.4 Å². The Morgan fingerprint density at radius 3 is 2.44 bits per heavy atom. The lowest BCUT2D eigenvalue weighted by atomic mass is 10.2. The fourth-order valence-corrected chi connectivity index (χ4v) is 2.22. The molecule has 0 amide bonds. The molecule has 2 heterocycles. The molecular formula is C11H12ClIN4O. The summed E-state index contributed by atoms with van der Waals surface area (Å²) in [5.74, 6) is 1.17. The predicted molar refractivity (Wildman–Crippen MR) is 78.0 cm³/mol. The second kappa shape index (κ2) is 5.00. The molecule has 0 fully saturated rings. The molecule has 0 aliphatic carbocycles. The number of methoxy groups -OCH3 is 1. The summed E-state index contributed by atoms with van der Waals surface area (Å²) in [6, 6.07) is 0. The quantitative estimate of drug-likeness (QED) is 0.596. The van der Waals surface area contributed by atoms with E-state index in [1.165, 1.54) is 0 Å². The molecule has 0 saturated carbocycles. The molecule has 96 valence electrons. The summed E-state index contributed by atoms with van der Waals surface area (Å²) in [6.45, 7) is 3.79. The van der Waals surface area contributed by atoms with E-state index in [9.17, 15) is 0 Å². The van der Waals surface area contributed by atoms with Crippen molar-refractivity contribution in [1.82, 2.24) is 19.7 Å². The maximum absolute atomic E-state index is 6.10. The average Bonchev–Trinajstić information content (AvgIpc) is 2.59. The zero-order chi connectivity index (χ0) is 13.4. The van der Waals surface area contributed by atoms with Gasteiger partial charge in [-0.3, -0.25) is 0 Å². The van der Waals surface area contributed by atoms with Crippen LogP contribution < -0.4 is 4.74 Å². The van der Waals surface area contributed by atoms with Gasteiger partial charge in [0.25, 0.3) is 0 Å². The Balaban J connectivity index is 2.69. The zero-order valence-corrected chi connectivity index (χ0v) is 13.4. The summed E-state index contributed by atoms with van der Waals surface area (Å²) in [5, 5.41) is 4.75. The summed E-state index contributed by atoms with van der Waals surface area (Å²) >= 11 is 8.22. The molecule has 7 heteroatoms. The van der Waals surface area contributed by atoms with Crippen LogP contribution in [0.1, 0.15) is 11.4 Å². The van der Waals surface area contributed by atoms with Crippen molar-refractivity contribution in [2.45, 2.75) is 13.8 Å². The highest BCUT2D eigenvalue weighted by molar-refractivity contribution is 14.1. The van der Waals surface area contributed by atoms with E-state index in [1.807, 2.05) is 20.9 Å². The smallest absolute Gasteiger partial charge is 0.222 e. The Bertz CT molecular complexity index is 588. The normalized spacial score (nSPS) is 10.8. The van der Waals surface area contributed by atoms with Gasteiger partial charge in [0.2, 0.25) is 5.88 Å². The van der Waals surface area contributed by atoms with Gasteiger partial charge in [0.1, 0.15) is 10.7 Å². The average molecular weight is 379 g/mol. The number of hydrogen-bond acceptors (Lipinski definition) is 4. The van der Waals surface area contributed by atoms with Gasteiger partial charge in [0, 0.05) is 7.05 Å². The van der Waals surface area contributed by atoms with E-state index in [2.05, 4.69) is 37.7 Å². The number of hydrogen-bond donors (Lipinski definition) is 0. The molecule has 2 rings (SSSR count). The minimum absolute atomic E-state index is 0.448. The summed E-state index contributed by atoms with van der Waals surface area (Å²) in [6.07, 6.45) is 0. The standard InChI is InChI=1S/C11H12ClIN4O/c1-5-7(11(18-4)17(3)16-5)10-14-6(2)8(13)9(12)15-10/h1-4H3. The van der Waals surface area contributed by atoms with Crippen LogP contribution in [-0.2, 0) is 7.05 Å². The van der Waals surface area contributed by atoms with E-state index in [0.717, 1.165) is 20.5 Å². The van der Waals surface area contributed by atoms with Crippen molar-refractivity contribution in [2.75, 3.05) is 7.11 Å². The molecule has 0 unspecified atom stereocenters. The van der Waals surface area contributed by atoms with Crippen molar-refractivity contribution < 1.29 is 4.74 Å². The van der Waals surface area contributed by atoms with Gasteiger partial charge >= 0.3 is 0 Å². The Morgan fingerprint density at radius 2 is 1.89 bits per heavy atom. The van der Waals surface area contributed by atoms with Crippen molar-refractivity contribution >= 4 is 34.2 Å². The highest BCUT2D eigenvalue weighted by atomic mass is 127. The van der Waals surface area contributed by atoms with E-state index in [-0.39, 0.29) is 0 Å². The third-order valence-electron chi connectivity index (χ3n) is 2.56. The summed E-state index contributed by atoms with van der Waals surface area (Å²) in [5.41, 5.74) is 2.43. The van der Waals surface area contributed by atoms with Crippen LogP contribution in [0.3, 0.4) is 0 Å². The Labute approximate surface area is 124 Å². The first-order valence-corrected chi connectivity index (χ1v) is 6.69. The molecule has 0 aliphatic rings. The van der Waals surface area contributed by atoms with Crippen LogP contribution in [0.2, 0.25) is 5.15 Å². The number of ether oxygens (including phenoxy) is 1. The second-order valence-electron chi connectivity index (χ2n) is 3.83. The number of rotatable bonds is 2. The van der Waals surface area contributed by atoms with Crippen molar-refractivity contribution in [3.63, 3.8) is 0 Å². The molecule has 0 N–H and O–H groups in total. The predicted octanol–water partition coefficient (Wildman–Crippen LogP) is 2.76. The highest BCUT2D eigenvalue weighted by Gasteiger charge is 2.20. The van der Waals surface area contributed by atoms with E-state index in [1.54, 1.807) is 11.8 Å². The molecule has 0 bridgehead atoms. The second-order valence-corrected chi connectivity index (χ2v) is 5.27. The first kappa shape index (κ1) is 13.5. The third-order valence-corrected chi connectivity index (χ3v) is 4.45. The molecule has 5 nitrogen and oxygen atoms in total. The molecule has 2 aromatic heterocycles. The van der Waals surface area contributed by atoms with Crippen molar-refractivity contribution in [1.29, 1.82) is 0 Å². The van der Waals surface area contributed by atoms with Gasteiger partial charge in [-0.1, -0.05) is 11.6 Å². The van der Waals surface area contributed by atoms with Crippen LogP contribution in [0.25, 0.3) is 11.4 Å². The molecule has 0 saturated heterocycles. The SMILES string of the molecule is COc1c(-c2nc(C)c(I)c(Cl)n2)c(C)nn1C. The monoisotopic (exact) mass is 378 g/mol. The molecule has 18 heavy (non-hydrogen) atoms. The van der Waals surface area contributed by atoms with Crippen LogP contribution in [0.15, 0.2) is 0 Å². The van der Waals surface area contributed by atoms with E-state index in [4.69, 9.17) is 16.3 Å². The zero-order valence-electron chi connectivity index (χ0n) is 10.5. The van der Waals surface area contributed by atoms with E-state index < -0.39 is 0 Å². The third kappa shape index (κ3) is 2.18. The maximum atomic E-state index is 6.10. The maximum Gasteiger partial charge on any atom is 0.222 e. The van der Waals surface area contributed by atoms with Gasteiger partial charge in [0.15, 0.2) is 5.82 Å². The number of nitrogens with zero attached hydrogens (tertiary/aromatic N) is 4. The van der Waals surface area contributed by atoms with Crippen LogP contribution in [0.4, 0.5) is 0 Å². The summed E-state index contributed by atoms with van der Waals surface area (Å²) in [7, 11) is 3.41. The number of aromatic nitrogens is 4. The van der Waals surface area contributed by atoms with Gasteiger partial charge in [0.05, 0.1) is 22.1 Å². The topological polar surface area (TPSA) is 52.8 Å². The Morgan fingerprint density at radius 1 is 1.22 bits per heavy atom. The fraction of sp³-hybridized carbons (Fsp3) is 0.364. The summed E-state index contributed by atoms with van der Waals surface area (Å²) < 4.78 is 7.86. The molecule has 0 spiro atoms. The summed E-state index contributed by atoms with van der Waals surface area (Å²) in [4.78, 5) is 8.75. The van der Waals surface area contributed by atoms with Crippen molar-refractivity contribution in [2.24, 2.45) is 7.05 Å². The van der Waals surface area contributed by atoms with Crippen LogP contribution >= 0.6 is 34.2 Å². The molecular weight excluding hydrogens is 367 g/mol. The van der Waals surface area contributed by atoms with Gasteiger partial charge < -0.3 is 4.74 Å². The van der Waals surface area contributed by atoms with Crippen molar-refractivity contribution in [3.05, 3.63) is 20.1 Å². The minimum Gasteiger partial charge on any atom is -0.481 e. The van der Waals surface area contributed by atoms with Crippen LogP contribution in [0, 0.1) is 17.4 Å². The van der Waals surface area contributed by atoms with E-state index >= 15 is 0 Å². The first-order valence-electron chi connectivity index (χ1n) is 5.23. The Kier molecular flexibility index (Phi) is 3.76. The first-order chi connectivity index (χ1) is 8.45. The number of halogens is 2. The van der Waals surface area contributed by atoms with Gasteiger partial charge in [-0.25, -0.2) is 14.6 Å². The lowest BCUT2D eigenvalue weighted by molar-refractivity contribution is 0.374. The van der Waals surface area contributed by atoms with E-state index in [0.29, 0.717) is 16.9 Å². The largest absolute Gasteiger partial charge is 0.481 e. The lowest BCUT2D eigenvalue weighted by Gasteiger charge is -2.06. The minimum atomic E-state index is 0.448. The molecule has 0 aromatic carbocycles.